The van der Waals surface area contributed by atoms with Crippen LogP contribution < -0.4 is 4.31 Å². The van der Waals surface area contributed by atoms with E-state index in [1.165, 1.54) is 29.0 Å². The molecule has 160 valence electrons. The highest BCUT2D eigenvalue weighted by atomic mass is 32.2. The highest BCUT2D eigenvalue weighted by Crippen LogP contribution is 2.31. The second-order valence-electron chi connectivity index (χ2n) is 8.45. The zero-order valence-electron chi connectivity index (χ0n) is 17.6. The molecule has 0 unspecified atom stereocenters. The first-order valence-corrected chi connectivity index (χ1v) is 12.7. The Labute approximate surface area is 179 Å². The third kappa shape index (κ3) is 4.53. The lowest BCUT2D eigenvalue weighted by Crippen LogP contribution is -2.40. The summed E-state index contributed by atoms with van der Waals surface area (Å²) < 4.78 is 25.7. The Morgan fingerprint density at radius 2 is 1.80 bits per heavy atom. The van der Waals surface area contributed by atoms with Crippen molar-refractivity contribution in [1.82, 2.24) is 4.90 Å². The molecule has 1 heterocycles. The predicted octanol–water partition coefficient (Wildman–Crippen LogP) is 4.03. The zero-order chi connectivity index (χ0) is 21.1. The van der Waals surface area contributed by atoms with Crippen molar-refractivity contribution in [3.05, 3.63) is 65.2 Å². The van der Waals surface area contributed by atoms with Gasteiger partial charge in [-0.15, -0.1) is 0 Å². The average Bonchev–Trinajstić information content (AvgIpc) is 3.27. The minimum Gasteiger partial charge on any atom is -0.335 e. The summed E-state index contributed by atoms with van der Waals surface area (Å²) in [5.74, 6) is 0.0668. The summed E-state index contributed by atoms with van der Waals surface area (Å²) in [5, 5.41) is 0. The Kier molecular flexibility index (Phi) is 6.14. The molecule has 0 aromatic heterocycles. The van der Waals surface area contributed by atoms with Gasteiger partial charge < -0.3 is 4.90 Å². The molecule has 0 bridgehead atoms. The molecule has 5 nitrogen and oxygen atoms in total. The minimum absolute atomic E-state index is 0.0668. The number of hydrogen-bond acceptors (Lipinski definition) is 3. The van der Waals surface area contributed by atoms with E-state index in [-0.39, 0.29) is 5.91 Å². The van der Waals surface area contributed by atoms with Gasteiger partial charge in [0.05, 0.1) is 11.9 Å². The summed E-state index contributed by atoms with van der Waals surface area (Å²) in [6.07, 6.45) is 8.14. The topological polar surface area (TPSA) is 57.7 Å². The van der Waals surface area contributed by atoms with Crippen LogP contribution in [0.4, 0.5) is 5.69 Å². The lowest BCUT2D eigenvalue weighted by Gasteiger charge is -2.31. The maximum absolute atomic E-state index is 13.5. The molecule has 30 heavy (non-hydrogen) atoms. The summed E-state index contributed by atoms with van der Waals surface area (Å²) in [5.41, 5.74) is 3.58. The highest BCUT2D eigenvalue weighted by molar-refractivity contribution is 7.92. The van der Waals surface area contributed by atoms with E-state index in [4.69, 9.17) is 0 Å². The third-order valence-electron chi connectivity index (χ3n) is 6.31. The van der Waals surface area contributed by atoms with Gasteiger partial charge in [0.25, 0.3) is 5.91 Å². The monoisotopic (exact) mass is 426 g/mol. The van der Waals surface area contributed by atoms with E-state index in [2.05, 4.69) is 17.0 Å². The molecule has 0 spiro atoms. The fourth-order valence-electron chi connectivity index (χ4n) is 4.77. The smallest absolute Gasteiger partial charge is 0.254 e. The van der Waals surface area contributed by atoms with Crippen molar-refractivity contribution >= 4 is 21.6 Å². The first-order valence-electron chi connectivity index (χ1n) is 10.9. The van der Waals surface area contributed by atoms with E-state index < -0.39 is 10.0 Å². The lowest BCUT2D eigenvalue weighted by atomic mass is 9.99. The fourth-order valence-corrected chi connectivity index (χ4v) is 5.76. The molecule has 0 atom stereocenters. The Morgan fingerprint density at radius 1 is 1.07 bits per heavy atom. The Balaban J connectivity index is 1.58. The third-order valence-corrected chi connectivity index (χ3v) is 7.49. The van der Waals surface area contributed by atoms with Gasteiger partial charge in [-0.2, -0.15) is 0 Å². The van der Waals surface area contributed by atoms with Crippen molar-refractivity contribution in [1.29, 1.82) is 0 Å². The number of carbonyl (C=O) groups excluding carboxylic acids is 1. The number of amides is 1. The highest BCUT2D eigenvalue weighted by Gasteiger charge is 2.29. The van der Waals surface area contributed by atoms with Gasteiger partial charge in [-0.3, -0.25) is 9.10 Å². The molecule has 2 aliphatic rings. The van der Waals surface area contributed by atoms with Gasteiger partial charge in [-0.25, -0.2) is 8.42 Å². The molecule has 1 amide bonds. The van der Waals surface area contributed by atoms with E-state index >= 15 is 0 Å². The minimum atomic E-state index is -3.30. The summed E-state index contributed by atoms with van der Waals surface area (Å²) >= 11 is 0. The zero-order valence-corrected chi connectivity index (χ0v) is 18.4. The van der Waals surface area contributed by atoms with Crippen LogP contribution in [0.15, 0.2) is 48.5 Å². The van der Waals surface area contributed by atoms with Gasteiger partial charge in [0.15, 0.2) is 0 Å². The molecule has 1 fully saturated rings. The Morgan fingerprint density at radius 3 is 2.50 bits per heavy atom. The van der Waals surface area contributed by atoms with Gasteiger partial charge in [0, 0.05) is 24.7 Å². The second kappa shape index (κ2) is 8.80. The van der Waals surface area contributed by atoms with Gasteiger partial charge in [0.2, 0.25) is 10.0 Å². The summed E-state index contributed by atoms with van der Waals surface area (Å²) in [7, 11) is -3.30. The number of hydrogen-bond donors (Lipinski definition) is 0. The quantitative estimate of drug-likeness (QED) is 0.701. The number of fused-ring (bicyclic) bond motifs is 1. The molecule has 1 saturated carbocycles. The van der Waals surface area contributed by atoms with Crippen molar-refractivity contribution in [3.63, 3.8) is 0 Å². The largest absolute Gasteiger partial charge is 0.335 e. The molecular formula is C24H30N2O3S. The van der Waals surface area contributed by atoms with Crippen LogP contribution in [-0.4, -0.2) is 44.6 Å². The van der Waals surface area contributed by atoms with Crippen molar-refractivity contribution in [2.45, 2.75) is 51.0 Å². The summed E-state index contributed by atoms with van der Waals surface area (Å²) in [4.78, 5) is 15.6. The number of aryl methyl sites for hydroxylation is 1. The number of nitrogens with zero attached hydrogens (tertiary/aromatic N) is 2. The molecule has 1 aliphatic heterocycles. The van der Waals surface area contributed by atoms with Crippen LogP contribution in [0.25, 0.3) is 0 Å². The number of carbonyl (C=O) groups is 1. The predicted molar refractivity (Wildman–Crippen MR) is 120 cm³/mol. The molecular weight excluding hydrogens is 396 g/mol. The van der Waals surface area contributed by atoms with Gasteiger partial charge >= 0.3 is 0 Å². The van der Waals surface area contributed by atoms with Crippen LogP contribution >= 0.6 is 0 Å². The molecule has 1 aliphatic carbocycles. The summed E-state index contributed by atoms with van der Waals surface area (Å²) in [6, 6.07) is 16.1. The second-order valence-corrected chi connectivity index (χ2v) is 10.4. The molecule has 4 rings (SSSR count). The van der Waals surface area contributed by atoms with E-state index in [0.717, 1.165) is 43.4 Å². The standard InChI is InChI=1S/C24H30N2O3S/c1-30(28,29)26-16-7-10-20-18-21(13-14-23(20)26)24(27)25(22-11-5-6-12-22)17-15-19-8-3-2-4-9-19/h2-4,8-9,13-14,18,22H,5-7,10-12,15-17H2,1H3. The van der Waals surface area contributed by atoms with Gasteiger partial charge in [-0.1, -0.05) is 43.2 Å². The summed E-state index contributed by atoms with van der Waals surface area (Å²) in [6.45, 7) is 1.21. The van der Waals surface area contributed by atoms with Gasteiger partial charge in [0.1, 0.15) is 0 Å². The van der Waals surface area contributed by atoms with Crippen LogP contribution in [0, 0.1) is 0 Å². The van der Waals surface area contributed by atoms with Crippen LogP contribution in [0.2, 0.25) is 0 Å². The number of anilines is 1. The first-order chi connectivity index (χ1) is 14.4. The molecule has 6 heteroatoms. The van der Waals surface area contributed by atoms with E-state index in [1.807, 2.05) is 30.3 Å². The molecule has 0 radical (unpaired) electrons. The van der Waals surface area contributed by atoms with Crippen molar-refractivity contribution in [2.75, 3.05) is 23.7 Å². The Bertz CT molecular complexity index is 998. The van der Waals surface area contributed by atoms with E-state index in [1.54, 1.807) is 6.07 Å². The van der Waals surface area contributed by atoms with E-state index in [9.17, 15) is 13.2 Å². The number of benzene rings is 2. The van der Waals surface area contributed by atoms with Crippen LogP contribution in [0.1, 0.15) is 53.6 Å². The Hall–Kier alpha value is -2.34. The van der Waals surface area contributed by atoms with Crippen LogP contribution in [0.3, 0.4) is 0 Å². The molecule has 2 aromatic carbocycles. The van der Waals surface area contributed by atoms with Crippen LogP contribution in [-0.2, 0) is 22.9 Å². The number of sulfonamides is 1. The van der Waals surface area contributed by atoms with Gasteiger partial charge in [-0.05, 0) is 61.4 Å². The SMILES string of the molecule is CS(=O)(=O)N1CCCc2cc(C(=O)N(CCc3ccccc3)C3CCCC3)ccc21. The lowest BCUT2D eigenvalue weighted by molar-refractivity contribution is 0.0684. The number of rotatable bonds is 6. The maximum Gasteiger partial charge on any atom is 0.254 e. The van der Waals surface area contributed by atoms with Crippen LogP contribution in [0.5, 0.6) is 0 Å². The first kappa shape index (κ1) is 20.9. The van der Waals surface area contributed by atoms with E-state index in [0.29, 0.717) is 24.7 Å². The normalized spacial score (nSPS) is 17.0. The van der Waals surface area contributed by atoms with Crippen molar-refractivity contribution in [3.8, 4) is 0 Å². The average molecular weight is 427 g/mol. The molecule has 2 aromatic rings. The molecule has 0 saturated heterocycles. The van der Waals surface area contributed by atoms with Crippen molar-refractivity contribution < 1.29 is 13.2 Å². The molecule has 0 N–H and O–H groups in total. The van der Waals surface area contributed by atoms with Crippen molar-refractivity contribution in [2.24, 2.45) is 0 Å². The fraction of sp³-hybridized carbons (Fsp3) is 0.458. The maximum atomic E-state index is 13.5.